The molecule has 0 saturated carbocycles. The summed E-state index contributed by atoms with van der Waals surface area (Å²) in [5.41, 5.74) is 2.42. The number of amides is 1. The Morgan fingerprint density at radius 3 is 2.50 bits per heavy atom. The lowest BCUT2D eigenvalue weighted by Gasteiger charge is -2.32. The summed E-state index contributed by atoms with van der Waals surface area (Å²) in [6, 6.07) is 8.21. The van der Waals surface area contributed by atoms with Crippen molar-refractivity contribution in [1.29, 1.82) is 0 Å². The second-order valence-corrected chi connectivity index (χ2v) is 6.96. The summed E-state index contributed by atoms with van der Waals surface area (Å²) < 4.78 is 0. The van der Waals surface area contributed by atoms with E-state index in [0.29, 0.717) is 19.5 Å². The van der Waals surface area contributed by atoms with Gasteiger partial charge in [0.1, 0.15) is 0 Å². The lowest BCUT2D eigenvalue weighted by molar-refractivity contribution is -0.123. The average Bonchev–Trinajstić information content (AvgIpc) is 3.03. The largest absolute Gasteiger partial charge is 0.392 e. The summed E-state index contributed by atoms with van der Waals surface area (Å²) in [6.45, 7) is 6.52. The second-order valence-electron chi connectivity index (χ2n) is 6.96. The molecule has 3 N–H and O–H groups in total. The number of piperazine rings is 1. The van der Waals surface area contributed by atoms with Crippen molar-refractivity contribution in [2.24, 2.45) is 0 Å². The lowest BCUT2D eigenvalue weighted by atomic mass is 10.1. The average molecular weight is 332 g/mol. The molecule has 0 radical (unpaired) electrons. The summed E-state index contributed by atoms with van der Waals surface area (Å²) in [6.07, 6.45) is 0.0881. The minimum atomic E-state index is -0.408. The molecule has 0 bridgehead atoms. The molecule has 2 fully saturated rings. The Morgan fingerprint density at radius 2 is 1.88 bits per heavy atom. The normalized spacial score (nSPS) is 25.8. The van der Waals surface area contributed by atoms with E-state index in [1.54, 1.807) is 0 Å². The van der Waals surface area contributed by atoms with Crippen LogP contribution in [-0.2, 0) is 17.9 Å². The van der Waals surface area contributed by atoms with Gasteiger partial charge in [0.15, 0.2) is 0 Å². The molecule has 132 valence electrons. The number of benzene rings is 1. The molecule has 0 aliphatic carbocycles. The molecule has 2 unspecified atom stereocenters. The van der Waals surface area contributed by atoms with Gasteiger partial charge in [0.25, 0.3) is 0 Å². The first kappa shape index (κ1) is 17.4. The number of hydrogen-bond donors (Lipinski definition) is 3. The van der Waals surface area contributed by atoms with Crippen molar-refractivity contribution in [3.05, 3.63) is 35.4 Å². The summed E-state index contributed by atoms with van der Waals surface area (Å²) in [5, 5.41) is 15.4. The number of carbonyl (C=O) groups is 1. The predicted molar refractivity (Wildman–Crippen MR) is 93.5 cm³/mol. The third-order valence-corrected chi connectivity index (χ3v) is 4.92. The van der Waals surface area contributed by atoms with Gasteiger partial charge in [0.05, 0.1) is 12.1 Å². The van der Waals surface area contributed by atoms with Gasteiger partial charge in [0.2, 0.25) is 5.91 Å². The van der Waals surface area contributed by atoms with E-state index < -0.39 is 6.10 Å². The topological polar surface area (TPSA) is 67.8 Å². The van der Waals surface area contributed by atoms with Crippen molar-refractivity contribution in [2.45, 2.75) is 31.7 Å². The standard InChI is InChI=1S/C18H28N4O2/c1-21-6-8-22(9-7-21)13-15-4-2-14(3-5-15)11-20-18(24)17-10-16(23)12-19-17/h2-5,16-17,19,23H,6-13H2,1H3,(H,20,24). The molecular formula is C18H28N4O2. The third-order valence-electron chi connectivity index (χ3n) is 4.92. The zero-order valence-corrected chi connectivity index (χ0v) is 14.4. The van der Waals surface area contributed by atoms with Gasteiger partial charge < -0.3 is 20.6 Å². The number of aliphatic hydroxyl groups is 1. The van der Waals surface area contributed by atoms with Crippen LogP contribution < -0.4 is 10.6 Å². The first-order valence-corrected chi connectivity index (χ1v) is 8.78. The summed E-state index contributed by atoms with van der Waals surface area (Å²) in [7, 11) is 2.17. The number of rotatable bonds is 5. The fourth-order valence-corrected chi connectivity index (χ4v) is 3.26. The molecule has 2 aliphatic rings. The van der Waals surface area contributed by atoms with E-state index in [2.05, 4.69) is 51.7 Å². The Kier molecular flexibility index (Phi) is 5.84. The maximum absolute atomic E-state index is 12.0. The molecule has 1 aromatic carbocycles. The highest BCUT2D eigenvalue weighted by Crippen LogP contribution is 2.10. The van der Waals surface area contributed by atoms with Gasteiger partial charge in [-0.15, -0.1) is 0 Å². The number of nitrogens with one attached hydrogen (secondary N) is 2. The van der Waals surface area contributed by atoms with Gasteiger partial charge >= 0.3 is 0 Å². The number of aliphatic hydroxyl groups excluding tert-OH is 1. The number of nitrogens with zero attached hydrogens (tertiary/aromatic N) is 2. The lowest BCUT2D eigenvalue weighted by Crippen LogP contribution is -2.43. The molecule has 3 rings (SSSR count). The minimum absolute atomic E-state index is 0.0342. The van der Waals surface area contributed by atoms with E-state index in [1.165, 1.54) is 5.56 Å². The maximum Gasteiger partial charge on any atom is 0.237 e. The van der Waals surface area contributed by atoms with Crippen LogP contribution in [0.3, 0.4) is 0 Å². The molecule has 2 saturated heterocycles. The Balaban J connectivity index is 1.43. The smallest absolute Gasteiger partial charge is 0.237 e. The van der Waals surface area contributed by atoms with Gasteiger partial charge in [-0.25, -0.2) is 0 Å². The summed E-state index contributed by atoms with van der Waals surface area (Å²) in [5.74, 6) is -0.0342. The number of hydrogen-bond acceptors (Lipinski definition) is 5. The highest BCUT2D eigenvalue weighted by atomic mass is 16.3. The van der Waals surface area contributed by atoms with E-state index in [4.69, 9.17) is 0 Å². The Labute approximate surface area is 143 Å². The van der Waals surface area contributed by atoms with E-state index in [1.807, 2.05) is 0 Å². The van der Waals surface area contributed by atoms with E-state index in [0.717, 1.165) is 38.3 Å². The third kappa shape index (κ3) is 4.77. The van der Waals surface area contributed by atoms with Crippen molar-refractivity contribution in [3.8, 4) is 0 Å². The summed E-state index contributed by atoms with van der Waals surface area (Å²) in [4.78, 5) is 16.9. The van der Waals surface area contributed by atoms with Crippen molar-refractivity contribution in [2.75, 3.05) is 39.8 Å². The van der Waals surface area contributed by atoms with Gasteiger partial charge in [-0.1, -0.05) is 24.3 Å². The molecule has 2 atom stereocenters. The first-order valence-electron chi connectivity index (χ1n) is 8.78. The molecule has 24 heavy (non-hydrogen) atoms. The minimum Gasteiger partial charge on any atom is -0.392 e. The molecule has 0 aromatic heterocycles. The van der Waals surface area contributed by atoms with E-state index in [9.17, 15) is 9.90 Å². The molecular weight excluding hydrogens is 304 g/mol. The van der Waals surface area contributed by atoms with Crippen LogP contribution in [0.5, 0.6) is 0 Å². The fourth-order valence-electron chi connectivity index (χ4n) is 3.26. The van der Waals surface area contributed by atoms with Crippen molar-refractivity contribution in [1.82, 2.24) is 20.4 Å². The number of likely N-dealkylation sites (N-methyl/N-ethyl adjacent to an activating group) is 1. The Hall–Kier alpha value is -1.47. The van der Waals surface area contributed by atoms with Crippen LogP contribution in [0.25, 0.3) is 0 Å². The SMILES string of the molecule is CN1CCN(Cc2ccc(CNC(=O)C3CC(O)CN3)cc2)CC1. The monoisotopic (exact) mass is 332 g/mol. The van der Waals surface area contributed by atoms with Gasteiger partial charge in [-0.3, -0.25) is 9.69 Å². The van der Waals surface area contributed by atoms with Crippen LogP contribution in [0.1, 0.15) is 17.5 Å². The quantitative estimate of drug-likeness (QED) is 0.695. The molecule has 0 spiro atoms. The highest BCUT2D eigenvalue weighted by Gasteiger charge is 2.27. The zero-order chi connectivity index (χ0) is 16.9. The van der Waals surface area contributed by atoms with E-state index in [-0.39, 0.29) is 11.9 Å². The molecule has 2 heterocycles. The molecule has 6 nitrogen and oxygen atoms in total. The van der Waals surface area contributed by atoms with Crippen LogP contribution in [0, 0.1) is 0 Å². The van der Waals surface area contributed by atoms with Crippen LogP contribution in [0.15, 0.2) is 24.3 Å². The number of β-amino-alcohol motifs (C(OH)–C–C–N with tert-alkyl or cyclic N) is 1. The maximum atomic E-state index is 12.0. The van der Waals surface area contributed by atoms with Crippen molar-refractivity contribution >= 4 is 5.91 Å². The van der Waals surface area contributed by atoms with Gasteiger partial charge in [-0.05, 0) is 24.6 Å². The van der Waals surface area contributed by atoms with Gasteiger partial charge in [-0.2, -0.15) is 0 Å². The first-order chi connectivity index (χ1) is 11.6. The molecule has 1 amide bonds. The fraction of sp³-hybridized carbons (Fsp3) is 0.611. The molecule has 2 aliphatic heterocycles. The van der Waals surface area contributed by atoms with Crippen LogP contribution in [0.2, 0.25) is 0 Å². The van der Waals surface area contributed by atoms with Crippen molar-refractivity contribution < 1.29 is 9.90 Å². The second kappa shape index (κ2) is 8.07. The highest BCUT2D eigenvalue weighted by molar-refractivity contribution is 5.82. The van der Waals surface area contributed by atoms with Crippen LogP contribution in [-0.4, -0.2) is 72.7 Å². The van der Waals surface area contributed by atoms with E-state index >= 15 is 0 Å². The Morgan fingerprint density at radius 1 is 1.21 bits per heavy atom. The number of carbonyl (C=O) groups excluding carboxylic acids is 1. The van der Waals surface area contributed by atoms with Gasteiger partial charge in [0, 0.05) is 45.8 Å². The molecule has 6 heteroatoms. The Bertz CT molecular complexity index is 540. The molecule has 1 aromatic rings. The zero-order valence-electron chi connectivity index (χ0n) is 14.4. The van der Waals surface area contributed by atoms with Crippen LogP contribution in [0.4, 0.5) is 0 Å². The van der Waals surface area contributed by atoms with Crippen molar-refractivity contribution in [3.63, 3.8) is 0 Å². The summed E-state index contributed by atoms with van der Waals surface area (Å²) >= 11 is 0. The predicted octanol–water partition coefficient (Wildman–Crippen LogP) is -0.227. The van der Waals surface area contributed by atoms with Crippen LogP contribution >= 0.6 is 0 Å².